The van der Waals surface area contributed by atoms with Gasteiger partial charge in [-0.15, -0.1) is 0 Å². The number of ether oxygens (including phenoxy) is 1. The molecule has 2 unspecified atom stereocenters. The summed E-state index contributed by atoms with van der Waals surface area (Å²) >= 11 is 0. The fourth-order valence-corrected chi connectivity index (χ4v) is 1.64. The van der Waals surface area contributed by atoms with Gasteiger partial charge in [-0.3, -0.25) is 9.59 Å². The minimum Gasteiger partial charge on any atom is -0.481 e. The third kappa shape index (κ3) is 5.91. The van der Waals surface area contributed by atoms with Crippen molar-refractivity contribution in [2.24, 2.45) is 17.8 Å². The van der Waals surface area contributed by atoms with Crippen molar-refractivity contribution in [3.05, 3.63) is 0 Å². The SMILES string of the molecule is CCOC(=O)C(CC(=O)O)C(C#N)CC(C)C. The van der Waals surface area contributed by atoms with Crippen LogP contribution in [0.15, 0.2) is 0 Å². The lowest BCUT2D eigenvalue weighted by Crippen LogP contribution is -2.28. The van der Waals surface area contributed by atoms with Crippen molar-refractivity contribution in [2.75, 3.05) is 6.61 Å². The zero-order valence-corrected chi connectivity index (χ0v) is 10.5. The van der Waals surface area contributed by atoms with E-state index in [1.807, 2.05) is 19.9 Å². The normalized spacial score (nSPS) is 13.8. The Morgan fingerprint density at radius 2 is 2.00 bits per heavy atom. The number of aliphatic carboxylic acids is 1. The van der Waals surface area contributed by atoms with Crippen LogP contribution in [0.4, 0.5) is 0 Å². The highest BCUT2D eigenvalue weighted by Gasteiger charge is 2.32. The van der Waals surface area contributed by atoms with Crippen LogP contribution in [0.2, 0.25) is 0 Å². The summed E-state index contributed by atoms with van der Waals surface area (Å²) in [5, 5.41) is 17.8. The molecule has 0 aliphatic heterocycles. The summed E-state index contributed by atoms with van der Waals surface area (Å²) in [6, 6.07) is 2.01. The topological polar surface area (TPSA) is 87.4 Å². The zero-order chi connectivity index (χ0) is 13.4. The maximum Gasteiger partial charge on any atom is 0.310 e. The van der Waals surface area contributed by atoms with Crippen molar-refractivity contribution >= 4 is 11.9 Å². The minimum absolute atomic E-state index is 0.189. The van der Waals surface area contributed by atoms with E-state index < -0.39 is 23.8 Å². The molecule has 0 heterocycles. The molecule has 0 aromatic carbocycles. The number of carboxylic acids is 1. The fourth-order valence-electron chi connectivity index (χ4n) is 1.64. The maximum atomic E-state index is 11.6. The Balaban J connectivity index is 4.80. The number of carbonyl (C=O) groups excluding carboxylic acids is 1. The standard InChI is InChI=1S/C12H19NO4/c1-4-17-12(16)10(6-11(14)15)9(7-13)5-8(2)3/h8-10H,4-6H2,1-3H3,(H,14,15). The zero-order valence-electron chi connectivity index (χ0n) is 10.5. The molecule has 0 radical (unpaired) electrons. The molecule has 2 atom stereocenters. The van der Waals surface area contributed by atoms with Gasteiger partial charge < -0.3 is 9.84 Å². The van der Waals surface area contributed by atoms with Crippen LogP contribution in [-0.4, -0.2) is 23.7 Å². The second-order valence-corrected chi connectivity index (χ2v) is 4.32. The summed E-state index contributed by atoms with van der Waals surface area (Å²) in [5.74, 6) is -2.94. The van der Waals surface area contributed by atoms with Gasteiger partial charge in [0.2, 0.25) is 0 Å². The molecule has 5 nitrogen and oxygen atoms in total. The highest BCUT2D eigenvalue weighted by atomic mass is 16.5. The summed E-state index contributed by atoms with van der Waals surface area (Å²) < 4.78 is 4.82. The van der Waals surface area contributed by atoms with E-state index in [4.69, 9.17) is 15.1 Å². The molecule has 0 fully saturated rings. The molecule has 0 saturated carbocycles. The number of hydrogen-bond acceptors (Lipinski definition) is 4. The van der Waals surface area contributed by atoms with E-state index in [9.17, 15) is 9.59 Å². The van der Waals surface area contributed by atoms with E-state index in [0.29, 0.717) is 6.42 Å². The van der Waals surface area contributed by atoms with Gasteiger partial charge >= 0.3 is 11.9 Å². The second kappa shape index (κ2) is 7.66. The van der Waals surface area contributed by atoms with Gasteiger partial charge in [0.15, 0.2) is 0 Å². The average Bonchev–Trinajstić information content (AvgIpc) is 2.22. The van der Waals surface area contributed by atoms with Crippen molar-refractivity contribution < 1.29 is 19.4 Å². The van der Waals surface area contributed by atoms with E-state index >= 15 is 0 Å². The van der Waals surface area contributed by atoms with Crippen LogP contribution in [-0.2, 0) is 14.3 Å². The molecule has 0 saturated heterocycles. The van der Waals surface area contributed by atoms with E-state index in [1.165, 1.54) is 0 Å². The molecule has 17 heavy (non-hydrogen) atoms. The number of hydrogen-bond donors (Lipinski definition) is 1. The molecule has 0 bridgehead atoms. The monoisotopic (exact) mass is 241 g/mol. The molecule has 0 aliphatic rings. The Bertz CT molecular complexity index is 306. The predicted octanol–water partition coefficient (Wildman–Crippen LogP) is 1.83. The summed E-state index contributed by atoms with van der Waals surface area (Å²) in [6.07, 6.45) is 0.136. The van der Waals surface area contributed by atoms with Crippen LogP contribution in [0.25, 0.3) is 0 Å². The van der Waals surface area contributed by atoms with E-state index in [1.54, 1.807) is 6.92 Å². The molecule has 5 heteroatoms. The molecule has 0 amide bonds. The minimum atomic E-state index is -1.09. The Labute approximate surface area is 101 Å². The predicted molar refractivity (Wildman–Crippen MR) is 60.9 cm³/mol. The van der Waals surface area contributed by atoms with Crippen molar-refractivity contribution in [3.63, 3.8) is 0 Å². The van der Waals surface area contributed by atoms with Gasteiger partial charge in [-0.2, -0.15) is 5.26 Å². The molecule has 0 aliphatic carbocycles. The molecular weight excluding hydrogens is 222 g/mol. The third-order valence-corrected chi connectivity index (χ3v) is 2.36. The van der Waals surface area contributed by atoms with E-state index in [0.717, 1.165) is 0 Å². The number of nitrogens with zero attached hydrogens (tertiary/aromatic N) is 1. The molecular formula is C12H19NO4. The Kier molecular flexibility index (Phi) is 6.95. The highest BCUT2D eigenvalue weighted by Crippen LogP contribution is 2.24. The van der Waals surface area contributed by atoms with Gasteiger partial charge in [0.05, 0.1) is 30.9 Å². The first-order valence-electron chi connectivity index (χ1n) is 5.70. The number of nitriles is 1. The largest absolute Gasteiger partial charge is 0.481 e. The van der Waals surface area contributed by atoms with E-state index in [2.05, 4.69) is 0 Å². The lowest BCUT2D eigenvalue weighted by Gasteiger charge is -2.20. The molecule has 0 rings (SSSR count). The number of carbonyl (C=O) groups is 2. The van der Waals surface area contributed by atoms with Crippen LogP contribution in [0.3, 0.4) is 0 Å². The van der Waals surface area contributed by atoms with Gasteiger partial charge in [0.25, 0.3) is 0 Å². The highest BCUT2D eigenvalue weighted by molar-refractivity contribution is 5.79. The molecule has 1 N–H and O–H groups in total. The third-order valence-electron chi connectivity index (χ3n) is 2.36. The number of esters is 1. The first kappa shape index (κ1) is 15.4. The molecule has 96 valence electrons. The van der Waals surface area contributed by atoms with Crippen molar-refractivity contribution in [1.82, 2.24) is 0 Å². The summed E-state index contributed by atoms with van der Waals surface area (Å²) in [7, 11) is 0. The Morgan fingerprint density at radius 1 is 1.41 bits per heavy atom. The summed E-state index contributed by atoms with van der Waals surface area (Å²) in [5.41, 5.74) is 0. The fraction of sp³-hybridized carbons (Fsp3) is 0.750. The lowest BCUT2D eigenvalue weighted by atomic mass is 9.84. The average molecular weight is 241 g/mol. The van der Waals surface area contributed by atoms with Gasteiger partial charge in [-0.25, -0.2) is 0 Å². The molecule has 0 spiro atoms. The van der Waals surface area contributed by atoms with Gasteiger partial charge in [-0.05, 0) is 19.3 Å². The first-order valence-corrected chi connectivity index (χ1v) is 5.70. The number of carboxylic acid groups (broad SMARTS) is 1. The van der Waals surface area contributed by atoms with Crippen molar-refractivity contribution in [1.29, 1.82) is 5.26 Å². The smallest absolute Gasteiger partial charge is 0.310 e. The molecule has 0 aromatic rings. The van der Waals surface area contributed by atoms with Crippen LogP contribution in [0, 0.1) is 29.1 Å². The summed E-state index contributed by atoms with van der Waals surface area (Å²) in [4.78, 5) is 22.3. The first-order chi connectivity index (χ1) is 7.92. The second-order valence-electron chi connectivity index (χ2n) is 4.32. The number of rotatable bonds is 7. The Hall–Kier alpha value is -1.57. The van der Waals surface area contributed by atoms with Crippen LogP contribution in [0.5, 0.6) is 0 Å². The summed E-state index contributed by atoms with van der Waals surface area (Å²) in [6.45, 7) is 5.69. The maximum absolute atomic E-state index is 11.6. The van der Waals surface area contributed by atoms with Gasteiger partial charge in [-0.1, -0.05) is 13.8 Å². The van der Waals surface area contributed by atoms with Gasteiger partial charge in [0, 0.05) is 0 Å². The Morgan fingerprint density at radius 3 is 2.35 bits per heavy atom. The molecule has 0 aromatic heterocycles. The quantitative estimate of drug-likeness (QED) is 0.687. The van der Waals surface area contributed by atoms with Crippen LogP contribution >= 0.6 is 0 Å². The van der Waals surface area contributed by atoms with Crippen molar-refractivity contribution in [2.45, 2.75) is 33.6 Å². The van der Waals surface area contributed by atoms with Gasteiger partial charge in [0.1, 0.15) is 0 Å². The van der Waals surface area contributed by atoms with Crippen LogP contribution < -0.4 is 0 Å². The van der Waals surface area contributed by atoms with E-state index in [-0.39, 0.29) is 18.9 Å². The lowest BCUT2D eigenvalue weighted by molar-refractivity contribution is -0.154. The van der Waals surface area contributed by atoms with Crippen LogP contribution in [0.1, 0.15) is 33.6 Å². The van der Waals surface area contributed by atoms with Crippen molar-refractivity contribution in [3.8, 4) is 6.07 Å².